The van der Waals surface area contributed by atoms with Crippen molar-refractivity contribution in [3.05, 3.63) is 41.0 Å². The first kappa shape index (κ1) is 10.7. The van der Waals surface area contributed by atoms with E-state index in [9.17, 15) is 4.79 Å². The van der Waals surface area contributed by atoms with E-state index < -0.39 is 0 Å². The van der Waals surface area contributed by atoms with Crippen LogP contribution in [0.15, 0.2) is 30.5 Å². The average Bonchev–Trinajstić information content (AvgIpc) is 3.10. The fourth-order valence-electron chi connectivity index (χ4n) is 2.45. The average molecular weight is 246 g/mol. The molecule has 1 aliphatic carbocycles. The van der Waals surface area contributed by atoms with E-state index in [1.54, 1.807) is 13.1 Å². The van der Waals surface area contributed by atoms with Crippen molar-refractivity contribution in [3.63, 3.8) is 0 Å². The third kappa shape index (κ3) is 1.73. The predicted molar refractivity (Wildman–Crippen MR) is 68.3 cm³/mol. The van der Waals surface area contributed by atoms with Gasteiger partial charge in [-0.25, -0.2) is 0 Å². The minimum absolute atomic E-state index is 0.182. The summed E-state index contributed by atoms with van der Waals surface area (Å²) in [5.41, 5.74) is 2.10. The number of fused-ring (bicyclic) bond motifs is 1. The fourth-order valence-corrected chi connectivity index (χ4v) is 2.66. The number of ketones is 1. The van der Waals surface area contributed by atoms with Crippen LogP contribution >= 0.6 is 11.6 Å². The predicted octanol–water partition coefficient (Wildman–Crippen LogP) is 3.58. The summed E-state index contributed by atoms with van der Waals surface area (Å²) in [7, 11) is 0. The lowest BCUT2D eigenvalue weighted by Gasteiger charge is -2.06. The molecule has 3 rings (SSSR count). The Morgan fingerprint density at radius 2 is 2.24 bits per heavy atom. The summed E-state index contributed by atoms with van der Waals surface area (Å²) in [5, 5.41) is 1.69. The van der Waals surface area contributed by atoms with Gasteiger partial charge in [0, 0.05) is 22.5 Å². The summed E-state index contributed by atoms with van der Waals surface area (Å²) in [6.45, 7) is 1.66. The van der Waals surface area contributed by atoms with Gasteiger partial charge in [-0.3, -0.25) is 9.78 Å². The molecule has 2 unspecified atom stereocenters. The highest BCUT2D eigenvalue weighted by Crippen LogP contribution is 2.50. The van der Waals surface area contributed by atoms with Crippen molar-refractivity contribution in [3.8, 4) is 0 Å². The molecule has 0 aliphatic heterocycles. The third-order valence-electron chi connectivity index (χ3n) is 3.46. The maximum atomic E-state index is 11.3. The third-order valence-corrected chi connectivity index (χ3v) is 3.79. The molecule has 1 heterocycles. The Balaban J connectivity index is 2.13. The normalized spacial score (nSPS) is 22.7. The number of carbonyl (C=O) groups is 1. The zero-order chi connectivity index (χ0) is 12.0. The van der Waals surface area contributed by atoms with E-state index in [4.69, 9.17) is 11.6 Å². The smallest absolute Gasteiger partial charge is 0.133 e. The molecule has 1 aliphatic rings. The van der Waals surface area contributed by atoms with Gasteiger partial charge in [0.1, 0.15) is 5.78 Å². The second kappa shape index (κ2) is 3.81. The van der Waals surface area contributed by atoms with E-state index in [2.05, 4.69) is 4.98 Å². The van der Waals surface area contributed by atoms with Gasteiger partial charge in [-0.05, 0) is 43.0 Å². The highest BCUT2D eigenvalue weighted by molar-refractivity contribution is 6.35. The Morgan fingerprint density at radius 3 is 2.94 bits per heavy atom. The monoisotopic (exact) mass is 245 g/mol. The Morgan fingerprint density at radius 1 is 1.41 bits per heavy atom. The molecule has 1 fully saturated rings. The summed E-state index contributed by atoms with van der Waals surface area (Å²) in [6, 6.07) is 7.76. The molecule has 0 saturated heterocycles. The number of aromatic nitrogens is 1. The molecule has 1 saturated carbocycles. The number of Topliss-reactive ketones (excluding diaryl/α,β-unsaturated/α-hetero) is 1. The van der Waals surface area contributed by atoms with Crippen LogP contribution in [0, 0.1) is 5.92 Å². The minimum Gasteiger partial charge on any atom is -0.300 e. The molecule has 2 aromatic rings. The SMILES string of the molecule is CC(=O)C1CC1c1ccc(Cl)c2cccnc12. The van der Waals surface area contributed by atoms with Gasteiger partial charge in [-0.1, -0.05) is 17.7 Å². The highest BCUT2D eigenvalue weighted by Gasteiger charge is 2.42. The van der Waals surface area contributed by atoms with E-state index in [1.807, 2.05) is 24.3 Å². The number of hydrogen-bond donors (Lipinski definition) is 0. The maximum Gasteiger partial charge on any atom is 0.133 e. The number of carbonyl (C=O) groups excluding carboxylic acids is 1. The fraction of sp³-hybridized carbons (Fsp3) is 0.286. The quantitative estimate of drug-likeness (QED) is 0.810. The van der Waals surface area contributed by atoms with Gasteiger partial charge in [0.2, 0.25) is 0 Å². The van der Waals surface area contributed by atoms with E-state index in [1.165, 1.54) is 0 Å². The lowest BCUT2D eigenvalue weighted by molar-refractivity contribution is -0.118. The standard InChI is InChI=1S/C14H12ClNO/c1-8(17)11-7-12(11)9-4-5-13(15)10-3-2-6-16-14(9)10/h2-6,11-12H,7H2,1H3. The molecule has 1 aromatic heterocycles. The van der Waals surface area contributed by atoms with Crippen molar-refractivity contribution in [1.82, 2.24) is 4.98 Å². The summed E-state index contributed by atoms with van der Waals surface area (Å²) in [5.74, 6) is 0.789. The molecule has 17 heavy (non-hydrogen) atoms. The molecule has 0 spiro atoms. The van der Waals surface area contributed by atoms with Gasteiger partial charge < -0.3 is 0 Å². The minimum atomic E-state index is 0.182. The molecule has 3 heteroatoms. The molecule has 0 bridgehead atoms. The topological polar surface area (TPSA) is 30.0 Å². The number of nitrogens with zero attached hydrogens (tertiary/aromatic N) is 1. The van der Waals surface area contributed by atoms with Crippen LogP contribution in [0.3, 0.4) is 0 Å². The molecule has 1 aromatic carbocycles. The van der Waals surface area contributed by atoms with Crippen LogP contribution < -0.4 is 0 Å². The lowest BCUT2D eigenvalue weighted by atomic mass is 10.0. The van der Waals surface area contributed by atoms with Crippen molar-refractivity contribution < 1.29 is 4.79 Å². The largest absolute Gasteiger partial charge is 0.300 e. The number of pyridine rings is 1. The van der Waals surface area contributed by atoms with Gasteiger partial charge in [-0.15, -0.1) is 0 Å². The van der Waals surface area contributed by atoms with Gasteiger partial charge in [0.25, 0.3) is 0 Å². The van der Waals surface area contributed by atoms with Crippen LogP contribution in [-0.2, 0) is 4.79 Å². The van der Waals surface area contributed by atoms with E-state index in [0.29, 0.717) is 5.92 Å². The molecule has 0 N–H and O–H groups in total. The van der Waals surface area contributed by atoms with Gasteiger partial charge in [-0.2, -0.15) is 0 Å². The van der Waals surface area contributed by atoms with Crippen molar-refractivity contribution in [2.45, 2.75) is 19.3 Å². The molecular formula is C14H12ClNO. The van der Waals surface area contributed by atoms with Gasteiger partial charge in [0.05, 0.1) is 5.52 Å². The van der Waals surface area contributed by atoms with E-state index in [-0.39, 0.29) is 11.7 Å². The molecule has 2 nitrogen and oxygen atoms in total. The van der Waals surface area contributed by atoms with Crippen molar-refractivity contribution in [1.29, 1.82) is 0 Å². The lowest BCUT2D eigenvalue weighted by Crippen LogP contribution is -1.96. The Hall–Kier alpha value is -1.41. The van der Waals surface area contributed by atoms with Gasteiger partial charge >= 0.3 is 0 Å². The number of benzene rings is 1. The van der Waals surface area contributed by atoms with E-state index in [0.717, 1.165) is 27.9 Å². The first-order valence-corrected chi connectivity index (χ1v) is 6.10. The molecule has 86 valence electrons. The van der Waals surface area contributed by atoms with E-state index >= 15 is 0 Å². The van der Waals surface area contributed by atoms with Crippen LogP contribution in [0.2, 0.25) is 5.02 Å². The van der Waals surface area contributed by atoms with Crippen molar-refractivity contribution >= 4 is 28.3 Å². The van der Waals surface area contributed by atoms with Crippen LogP contribution in [0.4, 0.5) is 0 Å². The first-order valence-electron chi connectivity index (χ1n) is 5.72. The highest BCUT2D eigenvalue weighted by atomic mass is 35.5. The number of halogens is 1. The Labute approximate surface area is 105 Å². The van der Waals surface area contributed by atoms with Crippen LogP contribution in [0.1, 0.15) is 24.8 Å². The van der Waals surface area contributed by atoms with Crippen molar-refractivity contribution in [2.75, 3.05) is 0 Å². The summed E-state index contributed by atoms with van der Waals surface area (Å²) in [4.78, 5) is 15.7. The number of rotatable bonds is 2. The zero-order valence-electron chi connectivity index (χ0n) is 9.48. The van der Waals surface area contributed by atoms with Crippen molar-refractivity contribution in [2.24, 2.45) is 5.92 Å². The molecule has 0 amide bonds. The van der Waals surface area contributed by atoms with Gasteiger partial charge in [0.15, 0.2) is 0 Å². The summed E-state index contributed by atoms with van der Waals surface area (Å²) in [6.07, 6.45) is 2.72. The van der Waals surface area contributed by atoms with Crippen LogP contribution in [-0.4, -0.2) is 10.8 Å². The zero-order valence-corrected chi connectivity index (χ0v) is 10.2. The van der Waals surface area contributed by atoms with Crippen LogP contribution in [0.25, 0.3) is 10.9 Å². The molecular weight excluding hydrogens is 234 g/mol. The van der Waals surface area contributed by atoms with Crippen LogP contribution in [0.5, 0.6) is 0 Å². The molecule has 0 radical (unpaired) electrons. The molecule has 2 atom stereocenters. The number of hydrogen-bond acceptors (Lipinski definition) is 2. The second-order valence-corrected chi connectivity index (χ2v) is 5.00. The Bertz CT molecular complexity index is 608. The second-order valence-electron chi connectivity index (χ2n) is 4.60. The maximum absolute atomic E-state index is 11.3. The summed E-state index contributed by atoms with van der Waals surface area (Å²) >= 11 is 6.15. The summed E-state index contributed by atoms with van der Waals surface area (Å²) < 4.78 is 0. The first-order chi connectivity index (χ1) is 8.18. The Kier molecular flexibility index (Phi) is 2.40.